The Morgan fingerprint density at radius 2 is 1.26 bits per heavy atom. The van der Waals surface area contributed by atoms with Gasteiger partial charge in [-0.25, -0.2) is 0 Å². The van der Waals surface area contributed by atoms with E-state index in [0.29, 0.717) is 17.4 Å². The van der Waals surface area contributed by atoms with Crippen molar-refractivity contribution < 1.29 is 18.7 Å². The lowest BCUT2D eigenvalue weighted by Crippen LogP contribution is -2.45. The van der Waals surface area contributed by atoms with E-state index in [2.05, 4.69) is 13.4 Å². The Bertz CT molecular complexity index is 983. The molecular weight excluding hydrogens is 340 g/mol. The third kappa shape index (κ3) is 3.01. The van der Waals surface area contributed by atoms with E-state index in [0.717, 1.165) is 25.7 Å². The molecule has 0 bridgehead atoms. The van der Waals surface area contributed by atoms with Gasteiger partial charge in [0.05, 0.1) is 18.8 Å². The van der Waals surface area contributed by atoms with E-state index in [1.165, 1.54) is 0 Å². The number of hydrogen-bond acceptors (Lipinski definition) is 4. The van der Waals surface area contributed by atoms with Gasteiger partial charge in [-0.05, 0) is 25.0 Å². The van der Waals surface area contributed by atoms with Crippen LogP contribution in [0.25, 0.3) is 11.8 Å². The number of nitrogens with zero attached hydrogens (tertiary/aromatic N) is 4. The minimum absolute atomic E-state index is 0.156. The van der Waals surface area contributed by atoms with Crippen molar-refractivity contribution in [2.75, 3.05) is 6.67 Å². The number of pyridine rings is 2. The first kappa shape index (κ1) is 17.4. The molecule has 4 rings (SSSR count). The molecule has 2 atom stereocenters. The fourth-order valence-corrected chi connectivity index (χ4v) is 4.29. The molecule has 0 spiro atoms. The van der Waals surface area contributed by atoms with E-state index in [4.69, 9.17) is 0 Å². The average molecular weight is 366 g/mol. The second-order valence-corrected chi connectivity index (χ2v) is 7.26. The molecule has 6 nitrogen and oxygen atoms in total. The van der Waals surface area contributed by atoms with Gasteiger partial charge in [-0.1, -0.05) is 12.8 Å². The van der Waals surface area contributed by atoms with Crippen LogP contribution in [-0.4, -0.2) is 38.8 Å². The van der Waals surface area contributed by atoms with Crippen LogP contribution >= 0.6 is 0 Å². The lowest BCUT2D eigenvalue weighted by Gasteiger charge is -2.31. The van der Waals surface area contributed by atoms with Crippen LogP contribution in [-0.2, 0) is 0 Å². The molecule has 140 valence electrons. The molecule has 0 amide bonds. The standard InChI is InChI=1S/C21H24N4O2/c1-22-13-7-5-11-18(22)20(26)24-15-25(17-10-4-3-9-16(17)24)21(27)19-12-6-8-14-23(19)2/h5-8,11-14,16-17H,1-4,9-10,15H2/p+2. The lowest BCUT2D eigenvalue weighted by molar-refractivity contribution is -0.515. The van der Waals surface area contributed by atoms with Gasteiger partial charge in [0.15, 0.2) is 12.4 Å². The molecule has 1 aliphatic heterocycles. The Hall–Kier alpha value is -3.02. The van der Waals surface area contributed by atoms with Crippen LogP contribution in [0.15, 0.2) is 48.8 Å². The molecule has 3 heterocycles. The molecule has 2 fully saturated rings. The summed E-state index contributed by atoms with van der Waals surface area (Å²) in [7, 11) is 0. The van der Waals surface area contributed by atoms with Crippen molar-refractivity contribution >= 4 is 11.8 Å². The van der Waals surface area contributed by atoms with Gasteiger partial charge in [0.1, 0.15) is 13.4 Å². The molecule has 0 radical (unpaired) electrons. The number of fused-ring (bicyclic) bond motifs is 1. The summed E-state index contributed by atoms with van der Waals surface area (Å²) in [6.45, 7) is 8.35. The van der Waals surface area contributed by atoms with Gasteiger partial charge in [0.25, 0.3) is 22.5 Å². The topological polar surface area (TPSA) is 58.7 Å². The Morgan fingerprint density at radius 1 is 0.815 bits per heavy atom. The van der Waals surface area contributed by atoms with Crippen LogP contribution < -0.4 is 19.2 Å². The average Bonchev–Trinajstić information content (AvgIpc) is 3.07. The van der Waals surface area contributed by atoms with Crippen LogP contribution in [0.2, 0.25) is 0 Å². The summed E-state index contributed by atoms with van der Waals surface area (Å²) in [5, 5.41) is 23.3. The van der Waals surface area contributed by atoms with Crippen molar-refractivity contribution in [1.82, 2.24) is 9.80 Å². The molecular formula is C21H26N4O2+2. The molecule has 2 unspecified atom stereocenters. The smallest absolute Gasteiger partial charge is 0.270 e. The number of aliphatic hydroxyl groups is 2. The van der Waals surface area contributed by atoms with E-state index in [9.17, 15) is 10.2 Å². The summed E-state index contributed by atoms with van der Waals surface area (Å²) in [4.78, 5) is 3.99. The first-order valence-corrected chi connectivity index (χ1v) is 9.37. The van der Waals surface area contributed by atoms with Crippen molar-refractivity contribution in [3.05, 3.63) is 72.9 Å². The third-order valence-corrected chi connectivity index (χ3v) is 5.68. The van der Waals surface area contributed by atoms with E-state index < -0.39 is 0 Å². The maximum absolute atomic E-state index is 11.0. The number of aliphatic hydroxyl groups excluding tert-OH is 2. The molecule has 1 saturated heterocycles. The first-order chi connectivity index (χ1) is 13.1. The van der Waals surface area contributed by atoms with Crippen molar-refractivity contribution in [2.24, 2.45) is 0 Å². The number of aromatic nitrogens is 2. The van der Waals surface area contributed by atoms with Gasteiger partial charge in [-0.2, -0.15) is 8.49 Å². The quantitative estimate of drug-likeness (QED) is 0.755. The first-order valence-electron chi connectivity index (χ1n) is 9.37. The highest BCUT2D eigenvalue weighted by atomic mass is 16.3. The molecule has 0 aromatic carbocycles. The normalized spacial score (nSPS) is 24.4. The molecule has 2 N–H and O–H groups in total. The monoisotopic (exact) mass is 366 g/mol. The second-order valence-electron chi connectivity index (χ2n) is 7.26. The van der Waals surface area contributed by atoms with Crippen molar-refractivity contribution in [3.63, 3.8) is 0 Å². The zero-order chi connectivity index (χ0) is 19.0. The molecule has 1 aliphatic carbocycles. The van der Waals surface area contributed by atoms with Gasteiger partial charge in [0.2, 0.25) is 0 Å². The highest BCUT2D eigenvalue weighted by Gasteiger charge is 2.44. The van der Waals surface area contributed by atoms with Crippen molar-refractivity contribution in [1.29, 1.82) is 0 Å². The lowest BCUT2D eigenvalue weighted by atomic mass is 9.90. The summed E-state index contributed by atoms with van der Waals surface area (Å²) in [6.07, 6.45) is 7.86. The zero-order valence-corrected chi connectivity index (χ0v) is 15.4. The van der Waals surface area contributed by atoms with Gasteiger partial charge in [-0.15, -0.1) is 0 Å². The fraction of sp³-hybridized carbons (Fsp3) is 0.333. The minimum atomic E-state index is 0.156. The summed E-state index contributed by atoms with van der Waals surface area (Å²) >= 11 is 0. The predicted molar refractivity (Wildman–Crippen MR) is 101 cm³/mol. The Balaban J connectivity index is 1.82. The zero-order valence-electron chi connectivity index (χ0n) is 15.4. The van der Waals surface area contributed by atoms with Gasteiger partial charge >= 0.3 is 0 Å². The van der Waals surface area contributed by atoms with E-state index in [1.807, 2.05) is 58.6 Å². The minimum Gasteiger partial charge on any atom is -0.490 e. The van der Waals surface area contributed by atoms with Crippen LogP contribution in [0, 0.1) is 13.4 Å². The maximum atomic E-state index is 11.0. The van der Waals surface area contributed by atoms with Gasteiger partial charge < -0.3 is 20.0 Å². The molecule has 2 aromatic rings. The largest absolute Gasteiger partial charge is 0.490 e. The van der Waals surface area contributed by atoms with E-state index >= 15 is 0 Å². The molecule has 27 heavy (non-hydrogen) atoms. The van der Waals surface area contributed by atoms with Crippen LogP contribution in [0.3, 0.4) is 0 Å². The predicted octanol–water partition coefficient (Wildman–Crippen LogP) is 0.375. The summed E-state index contributed by atoms with van der Waals surface area (Å²) < 4.78 is 3.33. The molecule has 6 heteroatoms. The summed E-state index contributed by atoms with van der Waals surface area (Å²) in [5.41, 5.74) is 0. The fourth-order valence-electron chi connectivity index (χ4n) is 4.29. The van der Waals surface area contributed by atoms with Crippen LogP contribution in [0.1, 0.15) is 25.7 Å². The molecule has 2 aliphatic rings. The maximum Gasteiger partial charge on any atom is 0.270 e. The number of hydrogen-bond donors (Lipinski definition) is 2. The Morgan fingerprint density at radius 3 is 1.67 bits per heavy atom. The van der Waals surface area contributed by atoms with Crippen molar-refractivity contribution in [3.8, 4) is 0 Å². The van der Waals surface area contributed by atoms with Crippen LogP contribution in [0.4, 0.5) is 0 Å². The Labute approximate surface area is 158 Å². The van der Waals surface area contributed by atoms with Gasteiger partial charge in [0, 0.05) is 24.3 Å². The summed E-state index contributed by atoms with van der Waals surface area (Å²) in [5.74, 6) is 0.404. The second kappa shape index (κ2) is 6.95. The SMILES string of the molecule is C=[n+]1ccccc1=C(O)N1CN(C(O)=c2cccc[n+]2=C)C2CCCCC21. The highest BCUT2D eigenvalue weighted by Crippen LogP contribution is 2.36. The van der Waals surface area contributed by atoms with Crippen LogP contribution in [0.5, 0.6) is 0 Å². The third-order valence-electron chi connectivity index (χ3n) is 5.68. The van der Waals surface area contributed by atoms with E-state index in [1.54, 1.807) is 8.49 Å². The number of rotatable bonds is 2. The Kier molecular flexibility index (Phi) is 4.48. The molecule has 2 aromatic heterocycles. The van der Waals surface area contributed by atoms with Crippen molar-refractivity contribution in [2.45, 2.75) is 37.8 Å². The molecule has 1 saturated carbocycles. The van der Waals surface area contributed by atoms with Gasteiger partial charge in [-0.3, -0.25) is 0 Å². The summed E-state index contributed by atoms with van der Waals surface area (Å²) in [6, 6.07) is 11.6. The van der Waals surface area contributed by atoms with E-state index in [-0.39, 0.29) is 23.8 Å². The highest BCUT2D eigenvalue weighted by molar-refractivity contribution is 5.37.